The van der Waals surface area contributed by atoms with Gasteiger partial charge in [-0.1, -0.05) is 13.8 Å². The van der Waals surface area contributed by atoms with Crippen molar-refractivity contribution in [3.63, 3.8) is 0 Å². The predicted molar refractivity (Wildman–Crippen MR) is 82.1 cm³/mol. The van der Waals surface area contributed by atoms with Crippen LogP contribution in [-0.4, -0.2) is 7.11 Å². The molecule has 0 amide bonds. The summed E-state index contributed by atoms with van der Waals surface area (Å²) >= 11 is 0. The van der Waals surface area contributed by atoms with E-state index >= 15 is 0 Å². The molecule has 3 heteroatoms. The van der Waals surface area contributed by atoms with Gasteiger partial charge in [0.2, 0.25) is 0 Å². The Hall–Kier alpha value is -1.74. The van der Waals surface area contributed by atoms with E-state index in [9.17, 15) is 0 Å². The highest BCUT2D eigenvalue weighted by molar-refractivity contribution is 5.66. The Bertz CT molecular complexity index is 597. The first-order valence-electron chi connectivity index (χ1n) is 6.98. The first-order chi connectivity index (χ1) is 9.43. The van der Waals surface area contributed by atoms with Gasteiger partial charge < -0.3 is 14.9 Å². The number of furan rings is 1. The van der Waals surface area contributed by atoms with E-state index in [2.05, 4.69) is 32.9 Å². The van der Waals surface area contributed by atoms with Gasteiger partial charge in [-0.2, -0.15) is 0 Å². The highest BCUT2D eigenvalue weighted by Gasteiger charge is 2.15. The van der Waals surface area contributed by atoms with Crippen molar-refractivity contribution in [1.82, 2.24) is 0 Å². The van der Waals surface area contributed by atoms with Gasteiger partial charge in [-0.05, 0) is 55.2 Å². The maximum absolute atomic E-state index is 5.85. The summed E-state index contributed by atoms with van der Waals surface area (Å²) in [5, 5.41) is 0. The summed E-state index contributed by atoms with van der Waals surface area (Å²) in [7, 11) is 1.71. The first kappa shape index (κ1) is 14.7. The third kappa shape index (κ3) is 2.73. The minimum atomic E-state index is -0.0909. The van der Waals surface area contributed by atoms with Crippen LogP contribution >= 0.6 is 0 Å². The highest BCUT2D eigenvalue weighted by Crippen LogP contribution is 2.35. The van der Waals surface area contributed by atoms with Crippen LogP contribution in [0.4, 0.5) is 0 Å². The van der Waals surface area contributed by atoms with Gasteiger partial charge in [-0.3, -0.25) is 0 Å². The van der Waals surface area contributed by atoms with Gasteiger partial charge in [0.15, 0.2) is 0 Å². The molecule has 1 aromatic heterocycles. The molecule has 2 rings (SSSR count). The molecule has 20 heavy (non-hydrogen) atoms. The number of aryl methyl sites for hydroxylation is 1. The summed E-state index contributed by atoms with van der Waals surface area (Å²) in [5.41, 5.74) is 9.27. The topological polar surface area (TPSA) is 48.4 Å². The number of ether oxygens (including phenoxy) is 1. The van der Waals surface area contributed by atoms with E-state index in [4.69, 9.17) is 14.9 Å². The standard InChI is InChI=1S/C17H23NO2/c1-10(2)13-9-14(11(3)8-17(13)19-5)16-7-6-15(20-16)12(4)18/h6-10,12H,18H2,1-5H3. The van der Waals surface area contributed by atoms with E-state index in [0.717, 1.165) is 28.4 Å². The molecule has 1 aromatic carbocycles. The lowest BCUT2D eigenvalue weighted by molar-refractivity contribution is 0.407. The normalized spacial score (nSPS) is 12.8. The quantitative estimate of drug-likeness (QED) is 0.897. The Morgan fingerprint density at radius 1 is 1.15 bits per heavy atom. The number of hydrogen-bond acceptors (Lipinski definition) is 3. The van der Waals surface area contributed by atoms with Crippen LogP contribution in [0.15, 0.2) is 28.7 Å². The van der Waals surface area contributed by atoms with E-state index in [1.165, 1.54) is 5.56 Å². The molecule has 1 atom stereocenters. The largest absolute Gasteiger partial charge is 0.496 e. The van der Waals surface area contributed by atoms with E-state index in [-0.39, 0.29) is 6.04 Å². The van der Waals surface area contributed by atoms with Gasteiger partial charge in [0.05, 0.1) is 13.2 Å². The van der Waals surface area contributed by atoms with E-state index in [1.807, 2.05) is 19.1 Å². The number of rotatable bonds is 4. The van der Waals surface area contributed by atoms with Gasteiger partial charge in [-0.25, -0.2) is 0 Å². The zero-order valence-electron chi connectivity index (χ0n) is 12.9. The lowest BCUT2D eigenvalue weighted by Gasteiger charge is -2.15. The molecule has 0 saturated carbocycles. The predicted octanol–water partition coefficient (Wildman–Crippen LogP) is 4.41. The third-order valence-electron chi connectivity index (χ3n) is 3.54. The molecule has 3 nitrogen and oxygen atoms in total. The van der Waals surface area contributed by atoms with Crippen LogP contribution in [-0.2, 0) is 0 Å². The summed E-state index contributed by atoms with van der Waals surface area (Å²) in [6, 6.07) is 8.06. The molecule has 108 valence electrons. The molecule has 0 radical (unpaired) electrons. The average Bonchev–Trinajstić information content (AvgIpc) is 2.87. The Morgan fingerprint density at radius 2 is 1.85 bits per heavy atom. The molecule has 0 bridgehead atoms. The molecular weight excluding hydrogens is 250 g/mol. The summed E-state index contributed by atoms with van der Waals surface area (Å²) in [6.07, 6.45) is 0. The summed E-state index contributed by atoms with van der Waals surface area (Å²) in [4.78, 5) is 0. The molecule has 1 unspecified atom stereocenters. The molecule has 0 saturated heterocycles. The van der Waals surface area contributed by atoms with Crippen LogP contribution in [0.25, 0.3) is 11.3 Å². The smallest absolute Gasteiger partial charge is 0.134 e. The van der Waals surface area contributed by atoms with E-state index in [0.29, 0.717) is 5.92 Å². The van der Waals surface area contributed by atoms with Crippen LogP contribution in [0.3, 0.4) is 0 Å². The number of methoxy groups -OCH3 is 1. The Kier molecular flexibility index (Phi) is 4.19. The van der Waals surface area contributed by atoms with Crippen molar-refractivity contribution in [2.75, 3.05) is 7.11 Å². The van der Waals surface area contributed by atoms with Crippen LogP contribution in [0.2, 0.25) is 0 Å². The molecule has 0 spiro atoms. The van der Waals surface area contributed by atoms with Gasteiger partial charge >= 0.3 is 0 Å². The number of nitrogens with two attached hydrogens (primary N) is 1. The molecule has 1 heterocycles. The number of hydrogen-bond donors (Lipinski definition) is 1. The Labute approximate surface area is 120 Å². The summed E-state index contributed by atoms with van der Waals surface area (Å²) in [5.74, 6) is 2.99. The van der Waals surface area contributed by atoms with E-state index < -0.39 is 0 Å². The van der Waals surface area contributed by atoms with Crippen molar-refractivity contribution in [2.45, 2.75) is 39.7 Å². The minimum Gasteiger partial charge on any atom is -0.496 e. The van der Waals surface area contributed by atoms with Crippen molar-refractivity contribution in [3.05, 3.63) is 41.2 Å². The second-order valence-corrected chi connectivity index (χ2v) is 5.55. The molecule has 0 aliphatic carbocycles. The van der Waals surface area contributed by atoms with E-state index in [1.54, 1.807) is 7.11 Å². The zero-order chi connectivity index (χ0) is 14.9. The van der Waals surface area contributed by atoms with Crippen molar-refractivity contribution in [1.29, 1.82) is 0 Å². The van der Waals surface area contributed by atoms with Gasteiger partial charge in [0.25, 0.3) is 0 Å². The van der Waals surface area contributed by atoms with Crippen molar-refractivity contribution >= 4 is 0 Å². The van der Waals surface area contributed by atoms with Crippen molar-refractivity contribution in [3.8, 4) is 17.1 Å². The molecule has 0 aliphatic heterocycles. The summed E-state index contributed by atoms with van der Waals surface area (Å²) in [6.45, 7) is 8.30. The SMILES string of the molecule is COc1cc(C)c(-c2ccc(C(C)N)o2)cc1C(C)C. The fourth-order valence-corrected chi connectivity index (χ4v) is 2.33. The van der Waals surface area contributed by atoms with Gasteiger partial charge in [0.1, 0.15) is 17.3 Å². The lowest BCUT2D eigenvalue weighted by Crippen LogP contribution is -2.02. The zero-order valence-corrected chi connectivity index (χ0v) is 12.9. The van der Waals surface area contributed by atoms with Crippen LogP contribution in [0.1, 0.15) is 49.6 Å². The molecule has 0 aliphatic rings. The number of benzene rings is 1. The van der Waals surface area contributed by atoms with Crippen LogP contribution in [0, 0.1) is 6.92 Å². The fraction of sp³-hybridized carbons (Fsp3) is 0.412. The Morgan fingerprint density at radius 3 is 2.35 bits per heavy atom. The molecule has 2 N–H and O–H groups in total. The first-order valence-corrected chi connectivity index (χ1v) is 6.98. The maximum atomic E-state index is 5.85. The maximum Gasteiger partial charge on any atom is 0.134 e. The molecular formula is C17H23NO2. The average molecular weight is 273 g/mol. The van der Waals surface area contributed by atoms with Crippen molar-refractivity contribution in [2.24, 2.45) is 5.73 Å². The highest BCUT2D eigenvalue weighted by atomic mass is 16.5. The molecule has 2 aromatic rings. The van der Waals surface area contributed by atoms with Crippen molar-refractivity contribution < 1.29 is 9.15 Å². The fourth-order valence-electron chi connectivity index (χ4n) is 2.33. The van der Waals surface area contributed by atoms with Gasteiger partial charge in [0, 0.05) is 5.56 Å². The molecule has 0 fully saturated rings. The van der Waals surface area contributed by atoms with Gasteiger partial charge in [-0.15, -0.1) is 0 Å². The van der Waals surface area contributed by atoms with Crippen LogP contribution < -0.4 is 10.5 Å². The monoisotopic (exact) mass is 273 g/mol. The lowest BCUT2D eigenvalue weighted by atomic mass is 9.95. The Balaban J connectivity index is 2.52. The summed E-state index contributed by atoms with van der Waals surface area (Å²) < 4.78 is 11.3. The second kappa shape index (κ2) is 5.71. The second-order valence-electron chi connectivity index (χ2n) is 5.55. The van der Waals surface area contributed by atoms with Crippen LogP contribution in [0.5, 0.6) is 5.75 Å². The minimum absolute atomic E-state index is 0.0909. The third-order valence-corrected chi connectivity index (χ3v) is 3.54.